The largest absolute Gasteiger partial charge is 0.383 e. The van der Waals surface area contributed by atoms with Gasteiger partial charge in [0, 0.05) is 29.8 Å². The Kier molecular flexibility index (Phi) is 7.64. The molecule has 0 spiro atoms. The lowest BCUT2D eigenvalue weighted by atomic mass is 10.1. The first-order chi connectivity index (χ1) is 17.0. The van der Waals surface area contributed by atoms with E-state index < -0.39 is 6.04 Å². The van der Waals surface area contributed by atoms with E-state index >= 15 is 0 Å². The second kappa shape index (κ2) is 11.0. The van der Waals surface area contributed by atoms with Crippen molar-refractivity contribution in [3.8, 4) is 0 Å². The summed E-state index contributed by atoms with van der Waals surface area (Å²) < 4.78 is 6.58. The van der Waals surface area contributed by atoms with E-state index in [1.54, 1.807) is 31.4 Å². The van der Waals surface area contributed by atoms with Crippen LogP contribution in [-0.4, -0.2) is 52.9 Å². The van der Waals surface area contributed by atoms with Crippen LogP contribution >= 0.6 is 11.3 Å². The van der Waals surface area contributed by atoms with Gasteiger partial charge in [-0.2, -0.15) is 0 Å². The van der Waals surface area contributed by atoms with Crippen molar-refractivity contribution in [1.82, 2.24) is 20.3 Å². The number of nitrogens with one attached hydrogen (secondary N) is 1. The van der Waals surface area contributed by atoms with Gasteiger partial charge in [-0.3, -0.25) is 19.3 Å². The highest BCUT2D eigenvalue weighted by Gasteiger charge is 2.34. The molecule has 2 heterocycles. The van der Waals surface area contributed by atoms with Gasteiger partial charge in [-0.1, -0.05) is 23.4 Å². The van der Waals surface area contributed by atoms with Gasteiger partial charge in [0.2, 0.25) is 11.8 Å². The molecule has 35 heavy (non-hydrogen) atoms. The van der Waals surface area contributed by atoms with Gasteiger partial charge in [-0.05, 0) is 54.8 Å². The van der Waals surface area contributed by atoms with E-state index in [-0.39, 0.29) is 24.1 Å². The van der Waals surface area contributed by atoms with Gasteiger partial charge < -0.3 is 10.1 Å². The van der Waals surface area contributed by atoms with E-state index in [2.05, 4.69) is 15.6 Å². The zero-order valence-corrected chi connectivity index (χ0v) is 20.2. The number of methoxy groups -OCH3 is 1. The van der Waals surface area contributed by atoms with Gasteiger partial charge in [-0.25, -0.2) is 4.68 Å². The van der Waals surface area contributed by atoms with Gasteiger partial charge >= 0.3 is 0 Å². The summed E-state index contributed by atoms with van der Waals surface area (Å²) in [4.78, 5) is 41.2. The number of para-hydroxylation sites is 1. The Morgan fingerprint density at radius 3 is 2.54 bits per heavy atom. The minimum atomic E-state index is -0.919. The van der Waals surface area contributed by atoms with E-state index in [1.807, 2.05) is 41.8 Å². The average molecular weight is 492 g/mol. The van der Waals surface area contributed by atoms with Crippen molar-refractivity contribution in [3.63, 3.8) is 0 Å². The molecule has 1 atom stereocenters. The number of Topliss-reactive ketones (excluding diaryl/α,β-unsaturated/α-hetero) is 1. The molecule has 0 bridgehead atoms. The van der Waals surface area contributed by atoms with Crippen molar-refractivity contribution in [2.75, 3.05) is 25.2 Å². The van der Waals surface area contributed by atoms with E-state index in [0.29, 0.717) is 40.3 Å². The smallest absolute Gasteiger partial charge is 0.249 e. The van der Waals surface area contributed by atoms with Crippen molar-refractivity contribution in [2.24, 2.45) is 0 Å². The second-order valence-corrected chi connectivity index (χ2v) is 8.78. The number of hydrogen-bond donors (Lipinski definition) is 1. The van der Waals surface area contributed by atoms with Crippen molar-refractivity contribution < 1.29 is 19.1 Å². The predicted octanol–water partition coefficient (Wildman–Crippen LogP) is 3.23. The lowest BCUT2D eigenvalue weighted by Crippen LogP contribution is -2.45. The van der Waals surface area contributed by atoms with Crippen LogP contribution in [0.25, 0.3) is 11.0 Å². The molecule has 0 radical (unpaired) electrons. The molecule has 10 heteroatoms. The number of anilines is 1. The molecule has 0 aliphatic rings. The lowest BCUT2D eigenvalue weighted by Gasteiger charge is -2.30. The molecule has 4 aromatic rings. The van der Waals surface area contributed by atoms with Crippen LogP contribution in [0, 0.1) is 0 Å². The third-order valence-electron chi connectivity index (χ3n) is 5.45. The van der Waals surface area contributed by atoms with Gasteiger partial charge in [0.1, 0.15) is 18.1 Å². The number of nitrogens with zero attached hydrogens (tertiary/aromatic N) is 4. The summed E-state index contributed by atoms with van der Waals surface area (Å²) in [5.74, 6) is -0.774. The second-order valence-electron chi connectivity index (χ2n) is 7.80. The third-order valence-corrected chi connectivity index (χ3v) is 6.38. The first-order valence-electron chi connectivity index (χ1n) is 11.0. The Bertz CT molecular complexity index is 1320. The van der Waals surface area contributed by atoms with E-state index in [1.165, 1.54) is 27.8 Å². The van der Waals surface area contributed by atoms with E-state index in [9.17, 15) is 14.4 Å². The Labute approximate surface area is 206 Å². The molecule has 9 nitrogen and oxygen atoms in total. The maximum absolute atomic E-state index is 13.8. The van der Waals surface area contributed by atoms with Crippen molar-refractivity contribution in [2.45, 2.75) is 19.5 Å². The number of fused-ring (bicyclic) bond motifs is 1. The Morgan fingerprint density at radius 1 is 1.09 bits per heavy atom. The average Bonchev–Trinajstić information content (AvgIpc) is 3.53. The number of aromatic nitrogens is 3. The molecule has 2 aromatic carbocycles. The molecule has 1 N–H and O–H groups in total. The molecule has 0 unspecified atom stereocenters. The number of amides is 2. The Balaban J connectivity index is 1.74. The van der Waals surface area contributed by atoms with Gasteiger partial charge in [0.05, 0.1) is 12.1 Å². The van der Waals surface area contributed by atoms with Gasteiger partial charge in [0.15, 0.2) is 5.78 Å². The summed E-state index contributed by atoms with van der Waals surface area (Å²) in [7, 11) is 1.55. The zero-order valence-electron chi connectivity index (χ0n) is 19.4. The minimum absolute atomic E-state index is 0.0874. The SMILES string of the molecule is COCCNC(=O)[C@H](c1cccs1)N(C(=O)Cn1nnc2ccccc21)c1ccc(C(C)=O)cc1. The van der Waals surface area contributed by atoms with Crippen LogP contribution in [0.15, 0.2) is 66.0 Å². The van der Waals surface area contributed by atoms with E-state index in [4.69, 9.17) is 4.74 Å². The fourth-order valence-electron chi connectivity index (χ4n) is 3.73. The summed E-state index contributed by atoms with van der Waals surface area (Å²) in [6, 6.07) is 16.7. The number of ether oxygens (including phenoxy) is 1. The summed E-state index contributed by atoms with van der Waals surface area (Å²) >= 11 is 1.38. The molecule has 0 aliphatic heterocycles. The van der Waals surface area contributed by atoms with Gasteiger partial charge in [0.25, 0.3) is 0 Å². The maximum atomic E-state index is 13.8. The van der Waals surface area contributed by atoms with Gasteiger partial charge in [-0.15, -0.1) is 16.4 Å². The molecule has 4 rings (SSSR count). The number of hydrogen-bond acceptors (Lipinski definition) is 7. The fourth-order valence-corrected chi connectivity index (χ4v) is 4.54. The zero-order chi connectivity index (χ0) is 24.8. The molecular weight excluding hydrogens is 466 g/mol. The lowest BCUT2D eigenvalue weighted by molar-refractivity contribution is -0.127. The van der Waals surface area contributed by atoms with Crippen LogP contribution in [-0.2, 0) is 20.9 Å². The molecule has 2 aromatic heterocycles. The fraction of sp³-hybridized carbons (Fsp3) is 0.240. The first kappa shape index (κ1) is 24.2. The maximum Gasteiger partial charge on any atom is 0.249 e. The molecule has 0 fully saturated rings. The number of rotatable bonds is 10. The normalized spacial score (nSPS) is 11.8. The standard InChI is InChI=1S/C25H25N5O4S/c1-17(31)18-9-11-19(12-10-18)30(23(32)16-29-21-7-4-3-6-20(21)27-28-29)24(22-8-5-15-35-22)25(33)26-13-14-34-2/h3-12,15,24H,13-14,16H2,1-2H3,(H,26,33)/t24-/m0/s1. The van der Waals surface area contributed by atoms with Crippen LogP contribution in [0.3, 0.4) is 0 Å². The number of carbonyl (C=O) groups excluding carboxylic acids is 3. The minimum Gasteiger partial charge on any atom is -0.383 e. The highest BCUT2D eigenvalue weighted by atomic mass is 32.1. The third kappa shape index (κ3) is 5.44. The summed E-state index contributed by atoms with van der Waals surface area (Å²) in [6.45, 7) is 2.00. The summed E-state index contributed by atoms with van der Waals surface area (Å²) in [5, 5.41) is 13.0. The van der Waals surface area contributed by atoms with Crippen LogP contribution in [0.2, 0.25) is 0 Å². The molecule has 0 saturated heterocycles. The van der Waals surface area contributed by atoms with Crippen LogP contribution in [0.1, 0.15) is 28.2 Å². The Hall–Kier alpha value is -3.89. The topological polar surface area (TPSA) is 106 Å². The van der Waals surface area contributed by atoms with Crippen molar-refractivity contribution in [1.29, 1.82) is 0 Å². The summed E-state index contributed by atoms with van der Waals surface area (Å²) in [5.41, 5.74) is 2.39. The van der Waals surface area contributed by atoms with Crippen LogP contribution < -0.4 is 10.2 Å². The molecule has 2 amide bonds. The number of thiophene rings is 1. The van der Waals surface area contributed by atoms with Crippen molar-refractivity contribution in [3.05, 3.63) is 76.5 Å². The number of ketones is 1. The highest BCUT2D eigenvalue weighted by molar-refractivity contribution is 7.10. The number of benzene rings is 2. The van der Waals surface area contributed by atoms with Crippen LogP contribution in [0.4, 0.5) is 5.69 Å². The first-order valence-corrected chi connectivity index (χ1v) is 11.9. The van der Waals surface area contributed by atoms with Crippen molar-refractivity contribution >= 4 is 45.7 Å². The Morgan fingerprint density at radius 2 is 1.86 bits per heavy atom. The molecule has 0 saturated carbocycles. The predicted molar refractivity (Wildman–Crippen MR) is 133 cm³/mol. The highest BCUT2D eigenvalue weighted by Crippen LogP contribution is 2.31. The molecule has 0 aliphatic carbocycles. The molecular formula is C25H25N5O4S. The molecule has 180 valence electrons. The quantitative estimate of drug-likeness (QED) is 0.270. The summed E-state index contributed by atoms with van der Waals surface area (Å²) in [6.07, 6.45) is 0. The number of carbonyl (C=O) groups is 3. The van der Waals surface area contributed by atoms with Crippen LogP contribution in [0.5, 0.6) is 0 Å². The monoisotopic (exact) mass is 491 g/mol. The van der Waals surface area contributed by atoms with E-state index in [0.717, 1.165) is 0 Å².